The van der Waals surface area contributed by atoms with Crippen LogP contribution in [0.5, 0.6) is 0 Å². The van der Waals surface area contributed by atoms with Gasteiger partial charge in [-0.3, -0.25) is 4.79 Å². The summed E-state index contributed by atoms with van der Waals surface area (Å²) in [6.45, 7) is 7.65. The van der Waals surface area contributed by atoms with E-state index in [-0.39, 0.29) is 5.56 Å². The van der Waals surface area contributed by atoms with Crippen molar-refractivity contribution in [2.75, 3.05) is 24.5 Å². The molecule has 2 heterocycles. The van der Waals surface area contributed by atoms with Gasteiger partial charge >= 0.3 is 0 Å². The Morgan fingerprint density at radius 2 is 2.29 bits per heavy atom. The summed E-state index contributed by atoms with van der Waals surface area (Å²) in [4.78, 5) is 14.5. The summed E-state index contributed by atoms with van der Waals surface area (Å²) >= 11 is 3.47. The second-order valence-electron chi connectivity index (χ2n) is 5.56. The molecule has 21 heavy (non-hydrogen) atoms. The fraction of sp³-hybridized carbons (Fsp3) is 0.733. The molecule has 0 aliphatic carbocycles. The summed E-state index contributed by atoms with van der Waals surface area (Å²) < 4.78 is 2.11. The third kappa shape index (κ3) is 4.07. The van der Waals surface area contributed by atoms with Crippen molar-refractivity contribution in [1.82, 2.24) is 15.1 Å². The number of hydrogen-bond acceptors (Lipinski definition) is 4. The second-order valence-corrected chi connectivity index (χ2v) is 6.35. The fourth-order valence-corrected chi connectivity index (χ4v) is 3.39. The Hall–Kier alpha value is -0.880. The van der Waals surface area contributed by atoms with Gasteiger partial charge in [0.15, 0.2) is 0 Å². The molecular weight excluding hydrogens is 332 g/mol. The topological polar surface area (TPSA) is 50.2 Å². The minimum atomic E-state index is -0.0484. The van der Waals surface area contributed by atoms with Crippen molar-refractivity contribution >= 4 is 21.6 Å². The van der Waals surface area contributed by atoms with Gasteiger partial charge in [-0.15, -0.1) is 0 Å². The lowest BCUT2D eigenvalue weighted by Gasteiger charge is -2.32. The SMILES string of the molecule is CCCN(CC1CCCCN1)c1cnn(CC)c(=O)c1Br. The van der Waals surface area contributed by atoms with E-state index in [9.17, 15) is 4.79 Å². The molecule has 2 rings (SSSR count). The molecule has 0 radical (unpaired) electrons. The number of nitrogens with zero attached hydrogens (tertiary/aromatic N) is 3. The molecule has 1 aromatic rings. The van der Waals surface area contributed by atoms with Gasteiger partial charge in [-0.25, -0.2) is 4.68 Å². The van der Waals surface area contributed by atoms with Crippen LogP contribution in [0, 0.1) is 0 Å². The number of aryl methyl sites for hydroxylation is 1. The van der Waals surface area contributed by atoms with E-state index >= 15 is 0 Å². The standard InChI is InChI=1S/C15H25BrN4O/c1-3-9-19(11-12-7-5-6-8-17-12)13-10-18-20(4-2)15(21)14(13)16/h10,12,17H,3-9,11H2,1-2H3. The molecule has 6 heteroatoms. The maximum Gasteiger partial charge on any atom is 0.283 e. The van der Waals surface area contributed by atoms with E-state index in [1.165, 1.54) is 23.9 Å². The van der Waals surface area contributed by atoms with Crippen molar-refractivity contribution in [2.45, 2.75) is 52.1 Å². The maximum absolute atomic E-state index is 12.2. The van der Waals surface area contributed by atoms with Gasteiger partial charge in [-0.05, 0) is 48.7 Å². The minimum absolute atomic E-state index is 0.0484. The van der Waals surface area contributed by atoms with Crippen LogP contribution < -0.4 is 15.8 Å². The summed E-state index contributed by atoms with van der Waals surface area (Å²) in [6, 6.07) is 0.505. The molecule has 0 amide bonds. The van der Waals surface area contributed by atoms with E-state index in [4.69, 9.17) is 0 Å². The van der Waals surface area contributed by atoms with E-state index < -0.39 is 0 Å². The first-order valence-corrected chi connectivity index (χ1v) is 8.70. The number of anilines is 1. The van der Waals surface area contributed by atoms with Crippen LogP contribution in [0.15, 0.2) is 15.5 Å². The van der Waals surface area contributed by atoms with Gasteiger partial charge in [-0.1, -0.05) is 13.3 Å². The van der Waals surface area contributed by atoms with Crippen LogP contribution in [-0.2, 0) is 6.54 Å². The second kappa shape index (κ2) is 7.94. The molecule has 5 nitrogen and oxygen atoms in total. The van der Waals surface area contributed by atoms with Crippen LogP contribution >= 0.6 is 15.9 Å². The van der Waals surface area contributed by atoms with Crippen LogP contribution in [0.2, 0.25) is 0 Å². The Morgan fingerprint density at radius 1 is 1.48 bits per heavy atom. The van der Waals surface area contributed by atoms with E-state index in [1.807, 2.05) is 13.1 Å². The first-order chi connectivity index (χ1) is 10.2. The average Bonchev–Trinajstić information content (AvgIpc) is 2.51. The van der Waals surface area contributed by atoms with Gasteiger partial charge in [0, 0.05) is 25.7 Å². The number of halogens is 1. The monoisotopic (exact) mass is 356 g/mol. The summed E-state index contributed by atoms with van der Waals surface area (Å²) in [5.41, 5.74) is 0.867. The Morgan fingerprint density at radius 3 is 2.90 bits per heavy atom. The van der Waals surface area contributed by atoms with E-state index in [0.717, 1.165) is 31.7 Å². The zero-order chi connectivity index (χ0) is 15.2. The molecule has 1 atom stereocenters. The molecule has 0 saturated carbocycles. The Balaban J connectivity index is 2.21. The van der Waals surface area contributed by atoms with Crippen molar-refractivity contribution in [3.8, 4) is 0 Å². The first-order valence-electron chi connectivity index (χ1n) is 7.91. The zero-order valence-electron chi connectivity index (χ0n) is 12.9. The number of piperidine rings is 1. The quantitative estimate of drug-likeness (QED) is 0.849. The summed E-state index contributed by atoms with van der Waals surface area (Å²) in [5.74, 6) is 0. The number of hydrogen-bond donors (Lipinski definition) is 1. The lowest BCUT2D eigenvalue weighted by molar-refractivity contribution is 0.398. The van der Waals surface area contributed by atoms with Gasteiger partial charge in [-0.2, -0.15) is 5.10 Å². The molecule has 0 aromatic carbocycles. The molecule has 1 saturated heterocycles. The molecule has 0 spiro atoms. The molecule has 1 aromatic heterocycles. The molecule has 1 fully saturated rings. The van der Waals surface area contributed by atoms with E-state index in [1.54, 1.807) is 0 Å². The van der Waals surface area contributed by atoms with E-state index in [0.29, 0.717) is 17.1 Å². The lowest BCUT2D eigenvalue weighted by Crippen LogP contribution is -2.44. The van der Waals surface area contributed by atoms with Gasteiger partial charge < -0.3 is 10.2 Å². The first kappa shape index (κ1) is 16.5. The highest BCUT2D eigenvalue weighted by Crippen LogP contribution is 2.23. The van der Waals surface area contributed by atoms with E-state index in [2.05, 4.69) is 38.2 Å². The molecular formula is C15H25BrN4O. The van der Waals surface area contributed by atoms with Crippen molar-refractivity contribution < 1.29 is 0 Å². The van der Waals surface area contributed by atoms with Crippen LogP contribution in [0.3, 0.4) is 0 Å². The van der Waals surface area contributed by atoms with Crippen LogP contribution in [-0.4, -0.2) is 35.5 Å². The van der Waals surface area contributed by atoms with Gasteiger partial charge in [0.25, 0.3) is 5.56 Å². The van der Waals surface area contributed by atoms with Crippen LogP contribution in [0.1, 0.15) is 39.5 Å². The number of nitrogens with one attached hydrogen (secondary N) is 1. The fourth-order valence-electron chi connectivity index (χ4n) is 2.83. The zero-order valence-corrected chi connectivity index (χ0v) is 14.5. The Bertz CT molecular complexity index is 511. The van der Waals surface area contributed by atoms with Crippen molar-refractivity contribution in [2.24, 2.45) is 0 Å². The third-order valence-corrected chi connectivity index (χ3v) is 4.70. The predicted octanol–water partition coefficient (Wildman–Crippen LogP) is 2.38. The van der Waals surface area contributed by atoms with Crippen LogP contribution in [0.4, 0.5) is 5.69 Å². The normalized spacial score (nSPS) is 18.7. The molecule has 1 N–H and O–H groups in total. The summed E-state index contributed by atoms with van der Waals surface area (Å²) in [7, 11) is 0. The lowest BCUT2D eigenvalue weighted by atomic mass is 10.0. The Labute approximate surface area is 134 Å². The smallest absolute Gasteiger partial charge is 0.283 e. The van der Waals surface area contributed by atoms with Gasteiger partial charge in [0.05, 0.1) is 11.9 Å². The van der Waals surface area contributed by atoms with Gasteiger partial charge in [0.2, 0.25) is 0 Å². The minimum Gasteiger partial charge on any atom is -0.368 e. The molecule has 1 unspecified atom stereocenters. The van der Waals surface area contributed by atoms with Gasteiger partial charge in [0.1, 0.15) is 4.47 Å². The highest BCUT2D eigenvalue weighted by molar-refractivity contribution is 9.10. The summed E-state index contributed by atoms with van der Waals surface area (Å²) in [5, 5.41) is 7.84. The van der Waals surface area contributed by atoms with Crippen LogP contribution in [0.25, 0.3) is 0 Å². The van der Waals surface area contributed by atoms with Crippen molar-refractivity contribution in [3.63, 3.8) is 0 Å². The highest BCUT2D eigenvalue weighted by Gasteiger charge is 2.20. The molecule has 0 bridgehead atoms. The number of aromatic nitrogens is 2. The van der Waals surface area contributed by atoms with Crippen molar-refractivity contribution in [1.29, 1.82) is 0 Å². The predicted molar refractivity (Wildman–Crippen MR) is 90.0 cm³/mol. The molecule has 1 aliphatic heterocycles. The Kier molecular flexibility index (Phi) is 6.23. The maximum atomic E-state index is 12.2. The highest BCUT2D eigenvalue weighted by atomic mass is 79.9. The van der Waals surface area contributed by atoms with Crippen molar-refractivity contribution in [3.05, 3.63) is 21.0 Å². The largest absolute Gasteiger partial charge is 0.368 e. The number of rotatable bonds is 6. The molecule has 1 aliphatic rings. The average molecular weight is 357 g/mol. The third-order valence-electron chi connectivity index (χ3n) is 3.95. The summed E-state index contributed by atoms with van der Waals surface area (Å²) in [6.07, 6.45) is 6.62. The molecule has 118 valence electrons.